The third-order valence-electron chi connectivity index (χ3n) is 8.30. The van der Waals surface area contributed by atoms with Crippen molar-refractivity contribution in [3.05, 3.63) is 98.8 Å². The number of benzene rings is 4. The third-order valence-corrected chi connectivity index (χ3v) is 8.30. The fraction of sp³-hybridized carbons (Fsp3) is 0.158. The normalized spacial score (nSPS) is 13.3. The van der Waals surface area contributed by atoms with Crippen molar-refractivity contribution < 1.29 is 38.0 Å². The molecule has 0 saturated carbocycles. The van der Waals surface area contributed by atoms with Gasteiger partial charge < -0.3 is 38.0 Å². The lowest BCUT2D eigenvalue weighted by atomic mass is 9.91. The van der Waals surface area contributed by atoms with E-state index in [9.17, 15) is 19.8 Å². The first-order chi connectivity index (χ1) is 23.0. The highest BCUT2D eigenvalue weighted by Gasteiger charge is 2.32. The summed E-state index contributed by atoms with van der Waals surface area (Å²) >= 11 is 0. The molecule has 0 fully saturated rings. The molecular weight excluding hydrogens is 616 g/mol. The summed E-state index contributed by atoms with van der Waals surface area (Å²) in [6, 6.07) is 17.6. The summed E-state index contributed by atoms with van der Waals surface area (Å²) in [7, 11) is 4.50. The SMILES string of the molecule is COc1ccc(-c2cc(=O)c3c(O)c4c(c(-c5cc(-c6cc(=O)c7c(O)cc(OC)cc7o6)ccc5OC)c3o2)OC(C)(C)C=C4)cc1. The summed E-state index contributed by atoms with van der Waals surface area (Å²) in [5.41, 5.74) is 0.661. The average Bonchev–Trinajstić information content (AvgIpc) is 3.07. The van der Waals surface area contributed by atoms with Crippen LogP contribution < -0.4 is 29.8 Å². The number of fused-ring (bicyclic) bond motifs is 3. The molecule has 0 atom stereocenters. The maximum Gasteiger partial charge on any atom is 0.197 e. The number of hydrogen-bond donors (Lipinski definition) is 2. The molecule has 0 radical (unpaired) electrons. The Morgan fingerprint density at radius 2 is 1.38 bits per heavy atom. The summed E-state index contributed by atoms with van der Waals surface area (Å²) in [6.45, 7) is 3.73. The minimum atomic E-state index is -0.785. The highest BCUT2D eigenvalue weighted by Crippen LogP contribution is 2.51. The lowest BCUT2D eigenvalue weighted by Crippen LogP contribution is -2.28. The van der Waals surface area contributed by atoms with Crippen LogP contribution >= 0.6 is 0 Å². The standard InChI is InChI=1S/C38H30O10/c1-38(2)13-12-23-35(42)34-27(41)18-29(19-6-9-21(43-3)10-7-19)47-37(34)32(36(23)48-38)24-14-20(8-11-28(24)45-5)30-17-26(40)33-25(39)15-22(44-4)16-31(33)46-30/h6-18,39,42H,1-5H3. The maximum absolute atomic E-state index is 13.8. The Morgan fingerprint density at radius 3 is 2.06 bits per heavy atom. The van der Waals surface area contributed by atoms with Crippen molar-refractivity contribution in [3.8, 4) is 68.3 Å². The van der Waals surface area contributed by atoms with Crippen LogP contribution in [0.1, 0.15) is 19.4 Å². The van der Waals surface area contributed by atoms with Crippen LogP contribution in [-0.2, 0) is 0 Å². The van der Waals surface area contributed by atoms with Crippen molar-refractivity contribution in [2.75, 3.05) is 21.3 Å². The predicted molar refractivity (Wildman–Crippen MR) is 182 cm³/mol. The molecule has 0 amide bonds. The predicted octanol–water partition coefficient (Wildman–Crippen LogP) is 7.52. The van der Waals surface area contributed by atoms with Crippen LogP contribution in [0.3, 0.4) is 0 Å². The van der Waals surface area contributed by atoms with Gasteiger partial charge in [0, 0.05) is 41.0 Å². The Balaban J connectivity index is 1.55. The molecule has 6 aromatic rings. The van der Waals surface area contributed by atoms with Crippen LogP contribution in [-0.4, -0.2) is 37.1 Å². The molecule has 4 aromatic carbocycles. The van der Waals surface area contributed by atoms with Gasteiger partial charge in [-0.1, -0.05) is 0 Å². The Labute approximate surface area is 273 Å². The van der Waals surface area contributed by atoms with Crippen molar-refractivity contribution in [1.29, 1.82) is 0 Å². The van der Waals surface area contributed by atoms with E-state index in [-0.39, 0.29) is 50.7 Å². The Bertz CT molecular complexity index is 2410. The molecule has 0 spiro atoms. The number of phenols is 2. The van der Waals surface area contributed by atoms with Gasteiger partial charge in [-0.25, -0.2) is 0 Å². The van der Waals surface area contributed by atoms with Gasteiger partial charge >= 0.3 is 0 Å². The summed E-state index contributed by atoms with van der Waals surface area (Å²) in [6.07, 6.45) is 3.51. The molecule has 0 bridgehead atoms. The van der Waals surface area contributed by atoms with Crippen LogP contribution in [0.5, 0.6) is 34.5 Å². The molecule has 2 aromatic heterocycles. The smallest absolute Gasteiger partial charge is 0.197 e. The number of ether oxygens (including phenoxy) is 4. The Kier molecular flexibility index (Phi) is 7.16. The Hall–Kier alpha value is -6.16. The largest absolute Gasteiger partial charge is 0.507 e. The molecule has 0 saturated heterocycles. The zero-order valence-electron chi connectivity index (χ0n) is 26.7. The van der Waals surface area contributed by atoms with Crippen molar-refractivity contribution >= 4 is 28.0 Å². The number of aromatic hydroxyl groups is 2. The van der Waals surface area contributed by atoms with E-state index in [1.165, 1.54) is 38.5 Å². The van der Waals surface area contributed by atoms with Crippen LogP contribution in [0.15, 0.2) is 91.2 Å². The van der Waals surface area contributed by atoms with Gasteiger partial charge in [-0.3, -0.25) is 9.59 Å². The summed E-state index contributed by atoms with van der Waals surface area (Å²) in [4.78, 5) is 27.0. The fourth-order valence-corrected chi connectivity index (χ4v) is 5.92. The molecule has 242 valence electrons. The number of phenolic OH excluding ortho intramolecular Hbond substituents is 2. The second kappa shape index (κ2) is 11.3. The van der Waals surface area contributed by atoms with Crippen molar-refractivity contribution in [1.82, 2.24) is 0 Å². The lowest BCUT2D eigenvalue weighted by Gasteiger charge is -2.30. The average molecular weight is 647 g/mol. The highest BCUT2D eigenvalue weighted by molar-refractivity contribution is 6.05. The molecule has 1 aliphatic rings. The van der Waals surface area contributed by atoms with Gasteiger partial charge in [0.25, 0.3) is 0 Å². The number of methoxy groups -OCH3 is 3. The molecule has 0 aliphatic carbocycles. The van der Waals surface area contributed by atoms with Crippen LogP contribution in [0.2, 0.25) is 0 Å². The lowest BCUT2D eigenvalue weighted by molar-refractivity contribution is 0.159. The van der Waals surface area contributed by atoms with Gasteiger partial charge in [-0.15, -0.1) is 0 Å². The van der Waals surface area contributed by atoms with Gasteiger partial charge in [0.05, 0.1) is 32.5 Å². The first-order valence-electron chi connectivity index (χ1n) is 14.9. The van der Waals surface area contributed by atoms with E-state index in [0.717, 1.165) is 0 Å². The fourth-order valence-electron chi connectivity index (χ4n) is 5.92. The number of hydrogen-bond acceptors (Lipinski definition) is 10. The van der Waals surface area contributed by atoms with Gasteiger partial charge in [0.1, 0.15) is 68.0 Å². The van der Waals surface area contributed by atoms with E-state index in [4.69, 9.17) is 27.8 Å². The summed E-state index contributed by atoms with van der Waals surface area (Å²) < 4.78 is 35.5. The summed E-state index contributed by atoms with van der Waals surface area (Å²) in [5, 5.41) is 21.9. The van der Waals surface area contributed by atoms with E-state index in [2.05, 4.69) is 0 Å². The highest BCUT2D eigenvalue weighted by atomic mass is 16.5. The molecule has 0 unspecified atom stereocenters. The second-order valence-corrected chi connectivity index (χ2v) is 11.8. The first-order valence-corrected chi connectivity index (χ1v) is 14.9. The molecule has 10 nitrogen and oxygen atoms in total. The molecule has 2 N–H and O–H groups in total. The first kappa shape index (κ1) is 30.5. The number of rotatable bonds is 6. The van der Waals surface area contributed by atoms with E-state index in [1.807, 2.05) is 13.8 Å². The minimum absolute atomic E-state index is 0.0159. The molecular formula is C38H30O10. The van der Waals surface area contributed by atoms with Crippen molar-refractivity contribution in [2.24, 2.45) is 0 Å². The van der Waals surface area contributed by atoms with Crippen LogP contribution in [0.4, 0.5) is 0 Å². The van der Waals surface area contributed by atoms with Gasteiger partial charge in [0.15, 0.2) is 16.4 Å². The zero-order valence-corrected chi connectivity index (χ0v) is 26.7. The minimum Gasteiger partial charge on any atom is -0.507 e. The Morgan fingerprint density at radius 1 is 0.708 bits per heavy atom. The molecule has 1 aliphatic heterocycles. The molecule has 7 rings (SSSR count). The maximum atomic E-state index is 13.8. The quantitative estimate of drug-likeness (QED) is 0.187. The van der Waals surface area contributed by atoms with E-state index in [0.29, 0.717) is 45.1 Å². The van der Waals surface area contributed by atoms with Crippen LogP contribution in [0.25, 0.3) is 61.8 Å². The molecule has 3 heterocycles. The van der Waals surface area contributed by atoms with Crippen LogP contribution in [0, 0.1) is 0 Å². The van der Waals surface area contributed by atoms with Gasteiger partial charge in [-0.05, 0) is 68.5 Å². The van der Waals surface area contributed by atoms with E-state index in [1.54, 1.807) is 61.7 Å². The third kappa shape index (κ3) is 4.98. The van der Waals surface area contributed by atoms with E-state index >= 15 is 0 Å². The topological polar surface area (TPSA) is 138 Å². The van der Waals surface area contributed by atoms with Gasteiger partial charge in [-0.2, -0.15) is 0 Å². The summed E-state index contributed by atoms with van der Waals surface area (Å²) in [5.74, 6) is 1.51. The van der Waals surface area contributed by atoms with E-state index < -0.39 is 16.5 Å². The monoisotopic (exact) mass is 646 g/mol. The molecule has 48 heavy (non-hydrogen) atoms. The van der Waals surface area contributed by atoms with Crippen molar-refractivity contribution in [3.63, 3.8) is 0 Å². The van der Waals surface area contributed by atoms with Crippen molar-refractivity contribution in [2.45, 2.75) is 19.4 Å². The second-order valence-electron chi connectivity index (χ2n) is 11.8. The zero-order chi connectivity index (χ0) is 33.9. The molecule has 10 heteroatoms. The van der Waals surface area contributed by atoms with Gasteiger partial charge in [0.2, 0.25) is 0 Å².